The van der Waals surface area contributed by atoms with Crippen LogP contribution in [0.3, 0.4) is 0 Å². The van der Waals surface area contributed by atoms with Gasteiger partial charge in [0.25, 0.3) is 0 Å². The van der Waals surface area contributed by atoms with Crippen LogP contribution in [0.4, 0.5) is 0 Å². The van der Waals surface area contributed by atoms with Crippen LogP contribution in [0.15, 0.2) is 48.5 Å². The van der Waals surface area contributed by atoms with E-state index < -0.39 is 5.97 Å². The van der Waals surface area contributed by atoms with E-state index in [2.05, 4.69) is 0 Å². The monoisotopic (exact) mass is 314 g/mol. The maximum Gasteiger partial charge on any atom is 0.344 e. The van der Waals surface area contributed by atoms with Crippen molar-refractivity contribution in [2.45, 2.75) is 13.8 Å². The van der Waals surface area contributed by atoms with Gasteiger partial charge in [-0.05, 0) is 62.4 Å². The summed E-state index contributed by atoms with van der Waals surface area (Å²) in [6.45, 7) is 3.47. The molecule has 0 aliphatic heterocycles. The number of ether oxygens (including phenoxy) is 3. The van der Waals surface area contributed by atoms with Gasteiger partial charge in [-0.2, -0.15) is 0 Å². The molecule has 0 aliphatic rings. The maximum absolute atomic E-state index is 11.2. The molecule has 0 spiro atoms. The summed E-state index contributed by atoms with van der Waals surface area (Å²) < 4.78 is 15.8. The predicted molar refractivity (Wildman–Crippen MR) is 85.1 cm³/mol. The Labute approximate surface area is 134 Å². The van der Waals surface area contributed by atoms with Crippen LogP contribution in [-0.2, 0) is 9.53 Å². The van der Waals surface area contributed by atoms with E-state index in [4.69, 9.17) is 14.2 Å². The molecular weight excluding hydrogens is 296 g/mol. The van der Waals surface area contributed by atoms with E-state index in [1.807, 2.05) is 0 Å². The fraction of sp³-hybridized carbons (Fsp3) is 0.222. The summed E-state index contributed by atoms with van der Waals surface area (Å²) >= 11 is 0. The molecule has 0 unspecified atom stereocenters. The van der Waals surface area contributed by atoms with Gasteiger partial charge in [0.05, 0.1) is 6.61 Å². The molecule has 0 saturated heterocycles. The zero-order valence-corrected chi connectivity index (χ0v) is 13.1. The highest BCUT2D eigenvalue weighted by molar-refractivity contribution is 5.94. The molecule has 0 bridgehead atoms. The van der Waals surface area contributed by atoms with Gasteiger partial charge in [0.1, 0.15) is 17.2 Å². The summed E-state index contributed by atoms with van der Waals surface area (Å²) in [6.07, 6.45) is 0. The molecule has 5 heteroatoms. The highest BCUT2D eigenvalue weighted by Crippen LogP contribution is 2.24. The first-order valence-electron chi connectivity index (χ1n) is 7.26. The van der Waals surface area contributed by atoms with Crippen molar-refractivity contribution >= 4 is 11.8 Å². The third-order valence-corrected chi connectivity index (χ3v) is 2.98. The first-order chi connectivity index (χ1) is 11.1. The highest BCUT2D eigenvalue weighted by atomic mass is 16.6. The summed E-state index contributed by atoms with van der Waals surface area (Å²) in [5.74, 6) is 1.43. The van der Waals surface area contributed by atoms with E-state index in [-0.39, 0.29) is 12.4 Å². The fourth-order valence-corrected chi connectivity index (χ4v) is 1.84. The lowest BCUT2D eigenvalue weighted by molar-refractivity contribution is -0.145. The van der Waals surface area contributed by atoms with Gasteiger partial charge in [-0.1, -0.05) is 0 Å². The molecule has 0 aliphatic carbocycles. The Bertz CT molecular complexity index is 659. The van der Waals surface area contributed by atoms with Crippen LogP contribution >= 0.6 is 0 Å². The fourth-order valence-electron chi connectivity index (χ4n) is 1.84. The van der Waals surface area contributed by atoms with Crippen molar-refractivity contribution in [2.24, 2.45) is 0 Å². The topological polar surface area (TPSA) is 61.8 Å². The lowest BCUT2D eigenvalue weighted by Gasteiger charge is -2.08. The Hall–Kier alpha value is -2.82. The third-order valence-electron chi connectivity index (χ3n) is 2.98. The quantitative estimate of drug-likeness (QED) is 0.577. The van der Waals surface area contributed by atoms with Crippen LogP contribution in [0.1, 0.15) is 24.2 Å². The summed E-state index contributed by atoms with van der Waals surface area (Å²) in [6, 6.07) is 13.8. The van der Waals surface area contributed by atoms with Crippen LogP contribution in [0.25, 0.3) is 0 Å². The van der Waals surface area contributed by atoms with Gasteiger partial charge in [0.2, 0.25) is 0 Å². The molecule has 2 aromatic rings. The Kier molecular flexibility index (Phi) is 5.74. The SMILES string of the molecule is CCOC(=O)COc1ccc(Oc2ccc(C(C)=O)cc2)cc1. The van der Waals surface area contributed by atoms with Crippen molar-refractivity contribution in [1.29, 1.82) is 0 Å². The summed E-state index contributed by atoms with van der Waals surface area (Å²) in [5.41, 5.74) is 0.639. The molecule has 2 rings (SSSR count). The predicted octanol–water partition coefficient (Wildman–Crippen LogP) is 3.62. The maximum atomic E-state index is 11.2. The summed E-state index contributed by atoms with van der Waals surface area (Å²) in [4.78, 5) is 22.4. The number of hydrogen-bond acceptors (Lipinski definition) is 5. The van der Waals surface area contributed by atoms with E-state index in [0.29, 0.717) is 29.4 Å². The molecule has 23 heavy (non-hydrogen) atoms. The second-order valence-electron chi connectivity index (χ2n) is 4.75. The molecule has 0 fully saturated rings. The number of carbonyl (C=O) groups is 2. The normalized spacial score (nSPS) is 10.0. The van der Waals surface area contributed by atoms with Gasteiger partial charge in [0, 0.05) is 5.56 Å². The second kappa shape index (κ2) is 7.98. The van der Waals surface area contributed by atoms with E-state index in [0.717, 1.165) is 0 Å². The number of benzene rings is 2. The second-order valence-corrected chi connectivity index (χ2v) is 4.75. The Balaban J connectivity index is 1.91. The Morgan fingerprint density at radius 1 is 0.870 bits per heavy atom. The molecule has 0 saturated carbocycles. The van der Waals surface area contributed by atoms with Crippen molar-refractivity contribution in [3.8, 4) is 17.2 Å². The standard InChI is InChI=1S/C18H18O5/c1-3-21-18(20)12-22-15-8-10-17(11-9-15)23-16-6-4-14(5-7-16)13(2)19/h4-11H,3,12H2,1-2H3. The van der Waals surface area contributed by atoms with E-state index >= 15 is 0 Å². The minimum absolute atomic E-state index is 0.0136. The van der Waals surface area contributed by atoms with Gasteiger partial charge in [0.15, 0.2) is 12.4 Å². The molecule has 0 heterocycles. The van der Waals surface area contributed by atoms with E-state index in [9.17, 15) is 9.59 Å². The number of Topliss-reactive ketones (excluding diaryl/α,β-unsaturated/α-hetero) is 1. The molecule has 0 aromatic heterocycles. The average Bonchev–Trinajstić information content (AvgIpc) is 2.55. The minimum Gasteiger partial charge on any atom is -0.482 e. The smallest absolute Gasteiger partial charge is 0.344 e. The van der Waals surface area contributed by atoms with Crippen LogP contribution < -0.4 is 9.47 Å². The number of carbonyl (C=O) groups excluding carboxylic acids is 2. The lowest BCUT2D eigenvalue weighted by atomic mass is 10.1. The van der Waals surface area contributed by atoms with Gasteiger partial charge in [-0.15, -0.1) is 0 Å². The van der Waals surface area contributed by atoms with Crippen LogP contribution in [-0.4, -0.2) is 25.0 Å². The van der Waals surface area contributed by atoms with Crippen LogP contribution in [0, 0.1) is 0 Å². The summed E-state index contributed by atoms with van der Waals surface area (Å²) in [7, 11) is 0. The molecule has 0 radical (unpaired) electrons. The Morgan fingerprint density at radius 3 is 1.91 bits per heavy atom. The highest BCUT2D eigenvalue weighted by Gasteiger charge is 2.04. The van der Waals surface area contributed by atoms with Crippen molar-refractivity contribution in [1.82, 2.24) is 0 Å². The number of esters is 1. The van der Waals surface area contributed by atoms with E-state index in [1.54, 1.807) is 55.5 Å². The third kappa shape index (κ3) is 5.14. The van der Waals surface area contributed by atoms with E-state index in [1.165, 1.54) is 6.92 Å². The molecular formula is C18H18O5. The molecule has 120 valence electrons. The molecule has 0 amide bonds. The van der Waals surface area contributed by atoms with Crippen molar-refractivity contribution in [2.75, 3.05) is 13.2 Å². The zero-order valence-electron chi connectivity index (χ0n) is 13.1. The largest absolute Gasteiger partial charge is 0.482 e. The Morgan fingerprint density at radius 2 is 1.39 bits per heavy atom. The number of ketones is 1. The van der Waals surface area contributed by atoms with Gasteiger partial charge < -0.3 is 14.2 Å². The van der Waals surface area contributed by atoms with Crippen LogP contribution in [0.2, 0.25) is 0 Å². The van der Waals surface area contributed by atoms with Gasteiger partial charge in [-0.25, -0.2) is 4.79 Å². The lowest BCUT2D eigenvalue weighted by Crippen LogP contribution is -2.14. The number of rotatable bonds is 7. The average molecular weight is 314 g/mol. The van der Waals surface area contributed by atoms with Crippen LogP contribution in [0.5, 0.6) is 17.2 Å². The minimum atomic E-state index is -0.404. The summed E-state index contributed by atoms with van der Waals surface area (Å²) in [5, 5.41) is 0. The van der Waals surface area contributed by atoms with Crippen molar-refractivity contribution in [3.05, 3.63) is 54.1 Å². The molecule has 2 aromatic carbocycles. The molecule has 5 nitrogen and oxygen atoms in total. The van der Waals surface area contributed by atoms with Gasteiger partial charge >= 0.3 is 5.97 Å². The first-order valence-corrected chi connectivity index (χ1v) is 7.26. The molecule has 0 atom stereocenters. The molecule has 0 N–H and O–H groups in total. The zero-order chi connectivity index (χ0) is 16.7. The number of hydrogen-bond donors (Lipinski definition) is 0. The first kappa shape index (κ1) is 16.5. The van der Waals surface area contributed by atoms with Crippen molar-refractivity contribution in [3.63, 3.8) is 0 Å². The van der Waals surface area contributed by atoms with Crippen molar-refractivity contribution < 1.29 is 23.8 Å². The van der Waals surface area contributed by atoms with Gasteiger partial charge in [-0.3, -0.25) is 4.79 Å².